The average Bonchev–Trinajstić information content (AvgIpc) is 2.82. The molecule has 2 bridgehead atoms. The number of hydrogen-bond donors (Lipinski definition) is 1. The Hall–Kier alpha value is -1.66. The van der Waals surface area contributed by atoms with E-state index < -0.39 is 0 Å². The van der Waals surface area contributed by atoms with Crippen molar-refractivity contribution >= 4 is 5.91 Å². The number of carbonyl (C=O) groups excluding carboxylic acids is 1. The van der Waals surface area contributed by atoms with E-state index >= 15 is 0 Å². The van der Waals surface area contributed by atoms with Gasteiger partial charge in [0.15, 0.2) is 0 Å². The minimum atomic E-state index is -0.309. The van der Waals surface area contributed by atoms with Gasteiger partial charge in [0.05, 0.1) is 24.7 Å². The average molecular weight is 317 g/mol. The van der Waals surface area contributed by atoms with Crippen molar-refractivity contribution in [1.82, 2.24) is 15.2 Å². The molecule has 0 unspecified atom stereocenters. The lowest BCUT2D eigenvalue weighted by atomic mass is 9.73. The number of pyridine rings is 1. The molecule has 0 radical (unpaired) electrons. The first-order valence-electron chi connectivity index (χ1n) is 8.35. The van der Waals surface area contributed by atoms with Crippen molar-refractivity contribution in [3.63, 3.8) is 0 Å². The molecule has 3 aliphatic rings. The maximum Gasteiger partial charge on any atom is 0.229 e. The smallest absolute Gasteiger partial charge is 0.229 e. The number of carbonyl (C=O) groups is 1. The van der Waals surface area contributed by atoms with E-state index in [9.17, 15) is 4.79 Å². The van der Waals surface area contributed by atoms with Gasteiger partial charge in [0.25, 0.3) is 0 Å². The summed E-state index contributed by atoms with van der Waals surface area (Å²) in [5.74, 6) is 0.869. The third kappa shape index (κ3) is 2.50. The molecule has 3 saturated heterocycles. The Kier molecular flexibility index (Phi) is 3.73. The fourth-order valence-electron chi connectivity index (χ4n) is 4.37. The molecule has 3 fully saturated rings. The molecule has 1 aromatic heterocycles. The van der Waals surface area contributed by atoms with Crippen molar-refractivity contribution in [1.29, 1.82) is 0 Å². The summed E-state index contributed by atoms with van der Waals surface area (Å²) in [7, 11) is 1.65. The molecular formula is C17H23N3O3. The van der Waals surface area contributed by atoms with Crippen LogP contribution in [0.1, 0.15) is 24.8 Å². The van der Waals surface area contributed by atoms with Gasteiger partial charge in [-0.1, -0.05) is 6.07 Å². The summed E-state index contributed by atoms with van der Waals surface area (Å²) in [5, 5.41) is 3.04. The van der Waals surface area contributed by atoms with E-state index in [-0.39, 0.29) is 23.5 Å². The first-order valence-corrected chi connectivity index (χ1v) is 8.35. The van der Waals surface area contributed by atoms with Crippen LogP contribution in [-0.2, 0) is 16.1 Å². The van der Waals surface area contributed by atoms with Crippen LogP contribution in [0.15, 0.2) is 18.3 Å². The zero-order valence-corrected chi connectivity index (χ0v) is 13.5. The number of likely N-dealkylation sites (tertiary alicyclic amines) is 1. The van der Waals surface area contributed by atoms with Gasteiger partial charge in [-0.05, 0) is 25.3 Å². The topological polar surface area (TPSA) is 63.7 Å². The third-order valence-corrected chi connectivity index (χ3v) is 5.43. The van der Waals surface area contributed by atoms with Crippen LogP contribution in [0.2, 0.25) is 0 Å². The number of hydrogen-bond acceptors (Lipinski definition) is 5. The van der Waals surface area contributed by atoms with Gasteiger partial charge < -0.3 is 14.8 Å². The number of ether oxygens (including phenoxy) is 2. The highest BCUT2D eigenvalue weighted by molar-refractivity contribution is 5.84. The quantitative estimate of drug-likeness (QED) is 0.900. The second-order valence-corrected chi connectivity index (χ2v) is 6.83. The van der Waals surface area contributed by atoms with Crippen LogP contribution in [0.25, 0.3) is 0 Å². The molecule has 4 heterocycles. The third-order valence-electron chi connectivity index (χ3n) is 5.43. The Bertz CT molecular complexity index is 609. The molecule has 1 amide bonds. The van der Waals surface area contributed by atoms with Crippen LogP contribution in [0.3, 0.4) is 0 Å². The zero-order valence-electron chi connectivity index (χ0n) is 13.5. The van der Waals surface area contributed by atoms with Gasteiger partial charge in [-0.25, -0.2) is 4.98 Å². The molecule has 1 N–H and O–H groups in total. The predicted molar refractivity (Wildman–Crippen MR) is 84.0 cm³/mol. The van der Waals surface area contributed by atoms with Crippen molar-refractivity contribution in [2.45, 2.75) is 38.0 Å². The largest absolute Gasteiger partial charge is 0.481 e. The minimum Gasteiger partial charge on any atom is -0.481 e. The molecule has 23 heavy (non-hydrogen) atoms. The molecule has 1 aromatic rings. The SMILES string of the molecule is COc1ncccc1CN1C[C@H]2C[C@@]3(CCCNC3=O)[C@@H](C1)O2. The maximum atomic E-state index is 12.5. The molecule has 0 aromatic carbocycles. The molecule has 1 spiro atoms. The van der Waals surface area contributed by atoms with Crippen LogP contribution >= 0.6 is 0 Å². The number of aromatic nitrogens is 1. The summed E-state index contributed by atoms with van der Waals surface area (Å²) >= 11 is 0. The number of morpholine rings is 1. The number of nitrogens with one attached hydrogen (secondary N) is 1. The van der Waals surface area contributed by atoms with Gasteiger partial charge in [0, 0.05) is 37.9 Å². The van der Waals surface area contributed by atoms with Crippen molar-refractivity contribution in [3.8, 4) is 5.88 Å². The van der Waals surface area contributed by atoms with Crippen LogP contribution in [-0.4, -0.2) is 54.7 Å². The number of rotatable bonds is 3. The number of nitrogens with zero attached hydrogens (tertiary/aromatic N) is 2. The highest BCUT2D eigenvalue weighted by Crippen LogP contribution is 2.47. The molecule has 0 aliphatic carbocycles. The number of fused-ring (bicyclic) bond motifs is 3. The van der Waals surface area contributed by atoms with Gasteiger partial charge in [-0.3, -0.25) is 9.69 Å². The van der Waals surface area contributed by atoms with E-state index in [0.29, 0.717) is 5.88 Å². The van der Waals surface area contributed by atoms with Gasteiger partial charge in [0.2, 0.25) is 11.8 Å². The van der Waals surface area contributed by atoms with E-state index in [2.05, 4.69) is 15.2 Å². The summed E-state index contributed by atoms with van der Waals surface area (Å²) in [5.41, 5.74) is 0.773. The van der Waals surface area contributed by atoms with Crippen molar-refractivity contribution in [2.24, 2.45) is 5.41 Å². The Balaban J connectivity index is 1.51. The first kappa shape index (κ1) is 14.9. The molecule has 3 aliphatic heterocycles. The monoisotopic (exact) mass is 317 g/mol. The van der Waals surface area contributed by atoms with Crippen molar-refractivity contribution in [2.75, 3.05) is 26.7 Å². The second-order valence-electron chi connectivity index (χ2n) is 6.83. The maximum absolute atomic E-state index is 12.5. The van der Waals surface area contributed by atoms with E-state index in [1.165, 1.54) is 0 Å². The summed E-state index contributed by atoms with van der Waals surface area (Å²) < 4.78 is 11.5. The highest BCUT2D eigenvalue weighted by atomic mass is 16.5. The summed E-state index contributed by atoms with van der Waals surface area (Å²) in [6.45, 7) is 3.24. The molecule has 0 saturated carbocycles. The van der Waals surface area contributed by atoms with Crippen LogP contribution in [0.5, 0.6) is 5.88 Å². The zero-order chi connectivity index (χ0) is 15.9. The molecule has 124 valence electrons. The lowest BCUT2D eigenvalue weighted by molar-refractivity contribution is -0.140. The number of amides is 1. The normalized spacial score (nSPS) is 33.7. The fourth-order valence-corrected chi connectivity index (χ4v) is 4.37. The summed E-state index contributed by atoms with van der Waals surface area (Å²) in [6, 6.07) is 3.98. The highest BCUT2D eigenvalue weighted by Gasteiger charge is 2.56. The van der Waals surface area contributed by atoms with Crippen LogP contribution < -0.4 is 10.1 Å². The van der Waals surface area contributed by atoms with E-state index in [1.807, 2.05) is 12.1 Å². The van der Waals surface area contributed by atoms with Gasteiger partial charge in [0.1, 0.15) is 0 Å². The van der Waals surface area contributed by atoms with E-state index in [0.717, 1.165) is 51.0 Å². The molecule has 4 rings (SSSR count). The molecule has 3 atom stereocenters. The summed E-state index contributed by atoms with van der Waals surface area (Å²) in [4.78, 5) is 19.1. The Morgan fingerprint density at radius 1 is 1.52 bits per heavy atom. The Labute approximate surface area is 136 Å². The van der Waals surface area contributed by atoms with Crippen molar-refractivity contribution < 1.29 is 14.3 Å². The van der Waals surface area contributed by atoms with Crippen LogP contribution in [0.4, 0.5) is 0 Å². The fraction of sp³-hybridized carbons (Fsp3) is 0.647. The number of methoxy groups -OCH3 is 1. The van der Waals surface area contributed by atoms with Gasteiger partial charge in [-0.2, -0.15) is 0 Å². The predicted octanol–water partition coefficient (Wildman–Crippen LogP) is 0.960. The second kappa shape index (κ2) is 5.76. The lowest BCUT2D eigenvalue weighted by Crippen LogP contribution is -2.53. The van der Waals surface area contributed by atoms with E-state index in [1.54, 1.807) is 13.3 Å². The van der Waals surface area contributed by atoms with E-state index in [4.69, 9.17) is 9.47 Å². The van der Waals surface area contributed by atoms with Gasteiger partial charge >= 0.3 is 0 Å². The van der Waals surface area contributed by atoms with Crippen molar-refractivity contribution in [3.05, 3.63) is 23.9 Å². The molecular weight excluding hydrogens is 294 g/mol. The lowest BCUT2D eigenvalue weighted by Gasteiger charge is -2.38. The van der Waals surface area contributed by atoms with Crippen LogP contribution in [0, 0.1) is 5.41 Å². The Morgan fingerprint density at radius 3 is 3.26 bits per heavy atom. The first-order chi connectivity index (χ1) is 11.2. The standard InChI is InChI=1S/C17H23N3O3/c1-22-15-12(4-2-6-18-15)9-20-10-13-8-17(14(11-20)23-13)5-3-7-19-16(17)21/h2,4,6,13-14H,3,5,7-11H2,1H3,(H,19,21)/t13-,14-,17+/m1/s1. The number of piperidine rings is 1. The molecule has 6 nitrogen and oxygen atoms in total. The Morgan fingerprint density at radius 2 is 2.43 bits per heavy atom. The van der Waals surface area contributed by atoms with Gasteiger partial charge in [-0.15, -0.1) is 0 Å². The summed E-state index contributed by atoms with van der Waals surface area (Å²) in [6.07, 6.45) is 4.75. The molecule has 6 heteroatoms. The minimum absolute atomic E-state index is 0.00390.